The van der Waals surface area contributed by atoms with E-state index in [1.807, 2.05) is 43.5 Å². The molecule has 0 spiro atoms. The highest BCUT2D eigenvalue weighted by molar-refractivity contribution is 7.97. The summed E-state index contributed by atoms with van der Waals surface area (Å²) in [5, 5.41) is 15.3. The van der Waals surface area contributed by atoms with Crippen molar-refractivity contribution in [1.29, 1.82) is 0 Å². The molecule has 1 aromatic heterocycles. The van der Waals surface area contributed by atoms with E-state index in [4.69, 9.17) is 17.3 Å². The third-order valence-corrected chi connectivity index (χ3v) is 5.33. The fourth-order valence-corrected chi connectivity index (χ4v) is 3.88. The zero-order valence-corrected chi connectivity index (χ0v) is 17.6. The lowest BCUT2D eigenvalue weighted by molar-refractivity contribution is 0.186. The van der Waals surface area contributed by atoms with Gasteiger partial charge in [-0.2, -0.15) is 5.10 Å². The van der Waals surface area contributed by atoms with Gasteiger partial charge in [-0.25, -0.2) is 4.39 Å². The van der Waals surface area contributed by atoms with Crippen LogP contribution in [-0.4, -0.2) is 39.8 Å². The molecular formula is C19H26ClFN4OS. The highest BCUT2D eigenvalue weighted by atomic mass is 35.5. The normalized spacial score (nSPS) is 13.4. The number of nitrogens with zero attached hydrogens (tertiary/aromatic N) is 3. The monoisotopic (exact) mass is 412 g/mol. The van der Waals surface area contributed by atoms with E-state index in [1.165, 1.54) is 10.8 Å². The van der Waals surface area contributed by atoms with Gasteiger partial charge in [-0.1, -0.05) is 17.7 Å². The zero-order valence-electron chi connectivity index (χ0n) is 16.0. The molecule has 8 heteroatoms. The van der Waals surface area contributed by atoms with Gasteiger partial charge in [-0.15, -0.1) is 0 Å². The van der Waals surface area contributed by atoms with Gasteiger partial charge in [0.05, 0.1) is 29.1 Å². The van der Waals surface area contributed by atoms with Gasteiger partial charge in [-0.05, 0) is 63.7 Å². The molecule has 0 saturated carbocycles. The summed E-state index contributed by atoms with van der Waals surface area (Å²) in [6, 6.07) is 5.91. The molecule has 1 heterocycles. The maximum atomic E-state index is 13.9. The Morgan fingerprint density at radius 3 is 2.74 bits per heavy atom. The standard InChI is InChI=1S/C19H26ClFN4OS/c1-12-16(9-14-5-6-18(17(20)10-14)27-24(3)4)19(13(2)26)25(23-12)11-15(21)7-8-22/h5-7,10,13,26H,8-9,11,22H2,1-4H3/b15-7-. The van der Waals surface area contributed by atoms with Gasteiger partial charge >= 0.3 is 0 Å². The van der Waals surface area contributed by atoms with E-state index in [0.717, 1.165) is 21.7 Å². The number of allylic oxidation sites excluding steroid dienone is 1. The number of benzene rings is 1. The quantitative estimate of drug-likeness (QED) is 0.644. The lowest BCUT2D eigenvalue weighted by atomic mass is 10.0. The van der Waals surface area contributed by atoms with Crippen LogP contribution in [0, 0.1) is 6.92 Å². The SMILES string of the molecule is Cc1nn(C/C(F)=C/CN)c(C(C)O)c1Cc1ccc(SN(C)C)c(Cl)c1. The average molecular weight is 413 g/mol. The first kappa shape index (κ1) is 21.9. The number of hydrogen-bond acceptors (Lipinski definition) is 5. The van der Waals surface area contributed by atoms with Crippen molar-refractivity contribution in [2.75, 3.05) is 20.6 Å². The second-order valence-corrected chi connectivity index (χ2v) is 8.27. The minimum Gasteiger partial charge on any atom is -0.387 e. The molecule has 27 heavy (non-hydrogen) atoms. The molecule has 0 saturated heterocycles. The van der Waals surface area contributed by atoms with Crippen LogP contribution in [0.25, 0.3) is 0 Å². The van der Waals surface area contributed by atoms with Gasteiger partial charge in [0.1, 0.15) is 5.83 Å². The van der Waals surface area contributed by atoms with Crippen molar-refractivity contribution >= 4 is 23.5 Å². The van der Waals surface area contributed by atoms with E-state index in [9.17, 15) is 9.50 Å². The van der Waals surface area contributed by atoms with E-state index >= 15 is 0 Å². The highest BCUT2D eigenvalue weighted by Crippen LogP contribution is 2.31. The number of aliphatic hydroxyl groups excluding tert-OH is 1. The molecule has 1 unspecified atom stereocenters. The van der Waals surface area contributed by atoms with Crippen molar-refractivity contribution in [2.24, 2.45) is 5.73 Å². The highest BCUT2D eigenvalue weighted by Gasteiger charge is 2.20. The summed E-state index contributed by atoms with van der Waals surface area (Å²) in [6.45, 7) is 3.60. The lowest BCUT2D eigenvalue weighted by Gasteiger charge is -2.13. The van der Waals surface area contributed by atoms with Crippen LogP contribution in [0.1, 0.15) is 35.5 Å². The number of hydrogen-bond donors (Lipinski definition) is 2. The summed E-state index contributed by atoms with van der Waals surface area (Å²) in [7, 11) is 3.92. The molecule has 0 amide bonds. The number of nitrogens with two attached hydrogens (primary N) is 1. The summed E-state index contributed by atoms with van der Waals surface area (Å²) in [5.41, 5.74) is 8.62. The van der Waals surface area contributed by atoms with Gasteiger partial charge in [-0.3, -0.25) is 8.99 Å². The van der Waals surface area contributed by atoms with Gasteiger partial charge in [0.15, 0.2) is 0 Å². The molecule has 3 N–H and O–H groups in total. The van der Waals surface area contributed by atoms with Crippen LogP contribution in [0.15, 0.2) is 35.0 Å². The molecule has 1 aromatic carbocycles. The summed E-state index contributed by atoms with van der Waals surface area (Å²) >= 11 is 7.96. The molecule has 1 atom stereocenters. The van der Waals surface area contributed by atoms with Crippen molar-refractivity contribution in [1.82, 2.24) is 14.1 Å². The van der Waals surface area contributed by atoms with Crippen LogP contribution in [-0.2, 0) is 13.0 Å². The first-order valence-corrected chi connectivity index (χ1v) is 9.80. The van der Waals surface area contributed by atoms with E-state index < -0.39 is 6.10 Å². The van der Waals surface area contributed by atoms with Crippen molar-refractivity contribution in [3.05, 3.63) is 57.6 Å². The Kier molecular flexibility index (Phi) is 7.88. The maximum Gasteiger partial charge on any atom is 0.119 e. The van der Waals surface area contributed by atoms with E-state index in [0.29, 0.717) is 17.1 Å². The molecule has 0 fully saturated rings. The third kappa shape index (κ3) is 5.80. The summed E-state index contributed by atoms with van der Waals surface area (Å²) in [4.78, 5) is 0.975. The number of rotatable bonds is 8. The summed E-state index contributed by atoms with van der Waals surface area (Å²) < 4.78 is 17.4. The number of aromatic nitrogens is 2. The van der Waals surface area contributed by atoms with Gasteiger partial charge in [0.2, 0.25) is 0 Å². The minimum absolute atomic E-state index is 0.0442. The first-order valence-electron chi connectivity index (χ1n) is 8.65. The van der Waals surface area contributed by atoms with Crippen LogP contribution >= 0.6 is 23.5 Å². The van der Waals surface area contributed by atoms with Crippen molar-refractivity contribution in [2.45, 2.75) is 37.8 Å². The van der Waals surface area contributed by atoms with Crippen molar-refractivity contribution in [3.63, 3.8) is 0 Å². The van der Waals surface area contributed by atoms with Gasteiger partial charge < -0.3 is 10.8 Å². The fraction of sp³-hybridized carbons (Fsp3) is 0.421. The third-order valence-electron chi connectivity index (χ3n) is 3.99. The van der Waals surface area contributed by atoms with Crippen LogP contribution in [0.2, 0.25) is 5.02 Å². The minimum atomic E-state index is -0.772. The Hall–Kier alpha value is -1.38. The molecule has 0 aliphatic rings. The predicted octanol–water partition coefficient (Wildman–Crippen LogP) is 3.87. The molecule has 0 bridgehead atoms. The smallest absolute Gasteiger partial charge is 0.119 e. The van der Waals surface area contributed by atoms with Crippen LogP contribution in [0.5, 0.6) is 0 Å². The fourth-order valence-electron chi connectivity index (χ4n) is 2.91. The lowest BCUT2D eigenvalue weighted by Crippen LogP contribution is -2.10. The predicted molar refractivity (Wildman–Crippen MR) is 110 cm³/mol. The van der Waals surface area contributed by atoms with E-state index in [2.05, 4.69) is 5.10 Å². The number of aliphatic hydroxyl groups is 1. The van der Waals surface area contributed by atoms with Crippen molar-refractivity contribution < 1.29 is 9.50 Å². The molecule has 2 rings (SSSR count). The molecule has 0 aliphatic carbocycles. The van der Waals surface area contributed by atoms with E-state index in [-0.39, 0.29) is 18.9 Å². The van der Waals surface area contributed by atoms with Crippen LogP contribution in [0.3, 0.4) is 0 Å². The molecule has 0 radical (unpaired) electrons. The zero-order chi connectivity index (χ0) is 20.1. The number of halogens is 2. The Balaban J connectivity index is 2.34. The average Bonchev–Trinajstić information content (AvgIpc) is 2.85. The molecular weight excluding hydrogens is 387 g/mol. The Labute approximate surface area is 169 Å². The van der Waals surface area contributed by atoms with Crippen LogP contribution in [0.4, 0.5) is 4.39 Å². The number of aryl methyl sites for hydroxylation is 1. The van der Waals surface area contributed by atoms with Gasteiger partial charge in [0, 0.05) is 23.4 Å². The van der Waals surface area contributed by atoms with E-state index in [1.54, 1.807) is 18.9 Å². The Morgan fingerprint density at radius 2 is 2.19 bits per heavy atom. The second-order valence-electron chi connectivity index (χ2n) is 6.51. The Morgan fingerprint density at radius 1 is 1.48 bits per heavy atom. The largest absolute Gasteiger partial charge is 0.387 e. The summed E-state index contributed by atoms with van der Waals surface area (Å²) in [6.07, 6.45) is 1.09. The maximum absolute atomic E-state index is 13.9. The van der Waals surface area contributed by atoms with Gasteiger partial charge in [0.25, 0.3) is 0 Å². The summed E-state index contributed by atoms with van der Waals surface area (Å²) in [5.74, 6) is -0.374. The molecule has 148 valence electrons. The molecule has 2 aromatic rings. The molecule has 5 nitrogen and oxygen atoms in total. The van der Waals surface area contributed by atoms with Crippen molar-refractivity contribution in [3.8, 4) is 0 Å². The van der Waals surface area contributed by atoms with Crippen LogP contribution < -0.4 is 5.73 Å². The topological polar surface area (TPSA) is 67.3 Å². The Bertz CT molecular complexity index is 820. The second kappa shape index (κ2) is 9.71. The first-order chi connectivity index (χ1) is 12.7. The molecule has 0 aliphatic heterocycles.